The summed E-state index contributed by atoms with van der Waals surface area (Å²) < 4.78 is 9.00. The summed E-state index contributed by atoms with van der Waals surface area (Å²) in [7, 11) is 0. The summed E-state index contributed by atoms with van der Waals surface area (Å²) >= 11 is 1.86. The van der Waals surface area contributed by atoms with Gasteiger partial charge in [-0.25, -0.2) is 0 Å². The third-order valence-electron chi connectivity index (χ3n) is 10.2. The number of para-hydroxylation sites is 1. The van der Waals surface area contributed by atoms with E-state index in [1.54, 1.807) is 0 Å². The Balaban J connectivity index is 1.19. The van der Waals surface area contributed by atoms with Gasteiger partial charge in [0.2, 0.25) is 0 Å². The van der Waals surface area contributed by atoms with Crippen LogP contribution in [0.15, 0.2) is 162 Å². The maximum Gasteiger partial charge on any atom is 0.143 e. The fraction of sp³-hybridized carbons (Fsp3) is 0. The Kier molecular flexibility index (Phi) is 5.32. The highest BCUT2D eigenvalue weighted by Gasteiger charge is 2.19. The molecule has 2 aromatic heterocycles. The van der Waals surface area contributed by atoms with E-state index in [1.807, 2.05) is 17.4 Å². The lowest BCUT2D eigenvalue weighted by atomic mass is 9.84. The first kappa shape index (κ1) is 26.1. The number of furan rings is 1. The van der Waals surface area contributed by atoms with Crippen molar-refractivity contribution in [2.75, 3.05) is 0 Å². The fourth-order valence-electron chi connectivity index (χ4n) is 8.11. The molecule has 0 saturated carbocycles. The molecule has 0 aliphatic heterocycles. The third-order valence-corrected chi connectivity index (χ3v) is 11.4. The van der Waals surface area contributed by atoms with E-state index in [9.17, 15) is 0 Å². The van der Waals surface area contributed by atoms with Crippen molar-refractivity contribution in [3.8, 4) is 22.3 Å². The van der Waals surface area contributed by atoms with Crippen molar-refractivity contribution in [2.45, 2.75) is 0 Å². The van der Waals surface area contributed by atoms with Gasteiger partial charge in [-0.2, -0.15) is 0 Å². The summed E-state index contributed by atoms with van der Waals surface area (Å²) in [5.74, 6) is 0. The molecule has 0 fully saturated rings. The molecule has 9 aromatic carbocycles. The zero-order valence-electron chi connectivity index (χ0n) is 25.8. The summed E-state index contributed by atoms with van der Waals surface area (Å²) in [4.78, 5) is 0. The lowest BCUT2D eigenvalue weighted by Gasteiger charge is -2.19. The van der Waals surface area contributed by atoms with Gasteiger partial charge in [0.15, 0.2) is 0 Å². The molecular formula is C46H26OS. The zero-order valence-corrected chi connectivity index (χ0v) is 26.6. The van der Waals surface area contributed by atoms with E-state index in [2.05, 4.69) is 152 Å². The maximum absolute atomic E-state index is 6.42. The monoisotopic (exact) mass is 626 g/mol. The van der Waals surface area contributed by atoms with Crippen molar-refractivity contribution < 1.29 is 4.42 Å². The van der Waals surface area contributed by atoms with Gasteiger partial charge in [-0.05, 0) is 96.4 Å². The van der Waals surface area contributed by atoms with Gasteiger partial charge in [-0.1, -0.05) is 121 Å². The van der Waals surface area contributed by atoms with Gasteiger partial charge in [0, 0.05) is 36.3 Å². The van der Waals surface area contributed by atoms with Crippen molar-refractivity contribution in [3.05, 3.63) is 158 Å². The molecule has 2 heterocycles. The largest absolute Gasteiger partial charge is 0.455 e. The number of thiophene rings is 1. The molecule has 0 aliphatic carbocycles. The highest BCUT2D eigenvalue weighted by Crippen LogP contribution is 2.47. The molecule has 0 bridgehead atoms. The van der Waals surface area contributed by atoms with Gasteiger partial charge < -0.3 is 4.42 Å². The molecule has 11 aromatic rings. The number of hydrogen-bond acceptors (Lipinski definition) is 2. The third kappa shape index (κ3) is 3.61. The molecule has 48 heavy (non-hydrogen) atoms. The highest BCUT2D eigenvalue weighted by molar-refractivity contribution is 7.25. The van der Waals surface area contributed by atoms with E-state index in [0.717, 1.165) is 11.2 Å². The quantitative estimate of drug-likeness (QED) is 0.174. The van der Waals surface area contributed by atoms with Gasteiger partial charge in [-0.15, -0.1) is 11.3 Å². The Labute approximate surface area is 279 Å². The Morgan fingerprint density at radius 2 is 1.00 bits per heavy atom. The van der Waals surface area contributed by atoms with E-state index in [4.69, 9.17) is 4.42 Å². The van der Waals surface area contributed by atoms with E-state index >= 15 is 0 Å². The molecule has 0 radical (unpaired) electrons. The van der Waals surface area contributed by atoms with Crippen LogP contribution in [0.1, 0.15) is 0 Å². The molecule has 0 N–H and O–H groups in total. The standard InChI is InChI=1S/C46H26OS/c1-2-12-30-27(10-1)11-9-18-32(30)45-35-16-5-3-14-33(35)44(34-15-4-6-17-36(34)45)29-21-23-42-39(25-29)40-24-28-20-22-37-31-13-7-8-19-41(31)47-46(37)38(28)26-43(40)48-42/h1-26H. The van der Waals surface area contributed by atoms with Crippen molar-refractivity contribution in [1.29, 1.82) is 0 Å². The van der Waals surface area contributed by atoms with E-state index in [1.165, 1.54) is 96.3 Å². The highest BCUT2D eigenvalue weighted by atomic mass is 32.1. The molecule has 11 rings (SSSR count). The van der Waals surface area contributed by atoms with Crippen molar-refractivity contribution in [2.24, 2.45) is 0 Å². The minimum atomic E-state index is 0.937. The van der Waals surface area contributed by atoms with Crippen LogP contribution in [-0.4, -0.2) is 0 Å². The van der Waals surface area contributed by atoms with Crippen LogP contribution in [0, 0.1) is 0 Å². The van der Waals surface area contributed by atoms with Crippen LogP contribution in [0.3, 0.4) is 0 Å². The van der Waals surface area contributed by atoms with Gasteiger partial charge in [0.1, 0.15) is 11.2 Å². The summed E-state index contributed by atoms with van der Waals surface area (Å²) in [6.07, 6.45) is 0. The molecule has 0 saturated heterocycles. The van der Waals surface area contributed by atoms with Gasteiger partial charge in [-0.3, -0.25) is 0 Å². The first-order valence-electron chi connectivity index (χ1n) is 16.4. The number of fused-ring (bicyclic) bond motifs is 11. The van der Waals surface area contributed by atoms with Crippen LogP contribution in [-0.2, 0) is 0 Å². The lowest BCUT2D eigenvalue weighted by molar-refractivity contribution is 0.673. The molecule has 0 atom stereocenters. The minimum absolute atomic E-state index is 0.937. The van der Waals surface area contributed by atoms with Gasteiger partial charge in [0.25, 0.3) is 0 Å². The average Bonchev–Trinajstić information content (AvgIpc) is 3.70. The SMILES string of the molecule is c1ccc2c(-c3c4ccccc4c(-c4ccc5sc6cc7c(ccc8c9ccccc9oc78)cc6c5c4)c4ccccc34)cccc2c1. The number of benzene rings is 9. The van der Waals surface area contributed by atoms with Crippen LogP contribution in [0.25, 0.3) is 107 Å². The molecule has 222 valence electrons. The smallest absolute Gasteiger partial charge is 0.143 e. The van der Waals surface area contributed by atoms with Gasteiger partial charge >= 0.3 is 0 Å². The Bertz CT molecular complexity index is 3060. The molecule has 0 aliphatic rings. The van der Waals surface area contributed by atoms with E-state index in [-0.39, 0.29) is 0 Å². The molecule has 0 spiro atoms. The topological polar surface area (TPSA) is 13.1 Å². The normalized spacial score (nSPS) is 12.2. The second-order valence-corrected chi connectivity index (χ2v) is 13.9. The zero-order chi connectivity index (χ0) is 31.3. The van der Waals surface area contributed by atoms with Crippen molar-refractivity contribution in [3.63, 3.8) is 0 Å². The van der Waals surface area contributed by atoms with E-state index in [0.29, 0.717) is 0 Å². The number of hydrogen-bond donors (Lipinski definition) is 0. The molecule has 0 amide bonds. The summed E-state index contributed by atoms with van der Waals surface area (Å²) in [6.45, 7) is 0. The molecular weight excluding hydrogens is 601 g/mol. The van der Waals surface area contributed by atoms with E-state index < -0.39 is 0 Å². The molecule has 1 nitrogen and oxygen atoms in total. The number of rotatable bonds is 2. The van der Waals surface area contributed by atoms with Crippen molar-refractivity contribution in [1.82, 2.24) is 0 Å². The Hall–Kier alpha value is -5.96. The summed E-state index contributed by atoms with van der Waals surface area (Å²) in [5, 5.41) is 14.9. The maximum atomic E-state index is 6.42. The fourth-order valence-corrected chi connectivity index (χ4v) is 9.21. The summed E-state index contributed by atoms with van der Waals surface area (Å²) in [6, 6.07) is 57.9. The molecule has 0 unspecified atom stereocenters. The van der Waals surface area contributed by atoms with Crippen LogP contribution in [0.2, 0.25) is 0 Å². The summed E-state index contributed by atoms with van der Waals surface area (Å²) in [5.41, 5.74) is 7.01. The van der Waals surface area contributed by atoms with Crippen LogP contribution in [0.5, 0.6) is 0 Å². The van der Waals surface area contributed by atoms with Crippen LogP contribution in [0.4, 0.5) is 0 Å². The molecule has 2 heteroatoms. The minimum Gasteiger partial charge on any atom is -0.455 e. The Morgan fingerprint density at radius 3 is 1.79 bits per heavy atom. The predicted molar refractivity (Wildman–Crippen MR) is 208 cm³/mol. The van der Waals surface area contributed by atoms with Gasteiger partial charge in [0.05, 0.1) is 0 Å². The Morgan fingerprint density at radius 1 is 0.354 bits per heavy atom. The van der Waals surface area contributed by atoms with Crippen LogP contribution < -0.4 is 0 Å². The lowest BCUT2D eigenvalue weighted by Crippen LogP contribution is -1.91. The predicted octanol–water partition coefficient (Wildman–Crippen LogP) is 13.9. The average molecular weight is 627 g/mol. The van der Waals surface area contributed by atoms with Crippen molar-refractivity contribution >= 4 is 96.5 Å². The second-order valence-electron chi connectivity index (χ2n) is 12.8. The van der Waals surface area contributed by atoms with Crippen LogP contribution >= 0.6 is 11.3 Å². The first-order chi connectivity index (χ1) is 23.8. The first-order valence-corrected chi connectivity index (χ1v) is 17.2. The second kappa shape index (κ2) is 9.78.